The molecule has 0 aromatic heterocycles. The van der Waals surface area contributed by atoms with E-state index in [2.05, 4.69) is 16.2 Å². The number of carbonyl (C=O) groups is 1. The molecule has 1 amide bonds. The Balaban J connectivity index is 1.79. The molecular formula is C19H23N3O2S. The molecule has 0 fully saturated rings. The van der Waals surface area contributed by atoms with Gasteiger partial charge in [0.05, 0.1) is 0 Å². The topological polar surface area (TPSA) is 62.4 Å². The van der Waals surface area contributed by atoms with Crippen LogP contribution in [-0.2, 0) is 4.79 Å². The molecule has 0 radical (unpaired) electrons. The van der Waals surface area contributed by atoms with Crippen LogP contribution in [0.25, 0.3) is 0 Å². The van der Waals surface area contributed by atoms with Gasteiger partial charge in [0, 0.05) is 5.69 Å². The van der Waals surface area contributed by atoms with Crippen LogP contribution >= 0.6 is 12.2 Å². The predicted molar refractivity (Wildman–Crippen MR) is 105 cm³/mol. The summed E-state index contributed by atoms with van der Waals surface area (Å²) in [5.41, 5.74) is 10.5. The van der Waals surface area contributed by atoms with Crippen molar-refractivity contribution >= 4 is 28.9 Å². The number of amides is 1. The van der Waals surface area contributed by atoms with E-state index < -0.39 is 0 Å². The third kappa shape index (κ3) is 5.46. The first kappa shape index (κ1) is 18.7. The molecule has 0 aliphatic heterocycles. The number of nitrogens with one attached hydrogen (secondary N) is 3. The highest BCUT2D eigenvalue weighted by Gasteiger charge is 2.07. The molecule has 0 spiro atoms. The molecule has 2 aromatic rings. The molecule has 0 aliphatic carbocycles. The van der Waals surface area contributed by atoms with Crippen molar-refractivity contribution in [2.24, 2.45) is 0 Å². The van der Waals surface area contributed by atoms with Gasteiger partial charge in [-0.2, -0.15) is 0 Å². The highest BCUT2D eigenvalue weighted by molar-refractivity contribution is 7.80. The van der Waals surface area contributed by atoms with E-state index in [-0.39, 0.29) is 12.5 Å². The van der Waals surface area contributed by atoms with Crippen LogP contribution in [0.5, 0.6) is 5.75 Å². The van der Waals surface area contributed by atoms with E-state index in [1.807, 2.05) is 64.1 Å². The molecule has 2 aromatic carbocycles. The maximum Gasteiger partial charge on any atom is 0.276 e. The summed E-state index contributed by atoms with van der Waals surface area (Å²) in [6.07, 6.45) is 0. The van der Waals surface area contributed by atoms with Gasteiger partial charge < -0.3 is 10.1 Å². The van der Waals surface area contributed by atoms with Crippen molar-refractivity contribution in [2.75, 3.05) is 11.9 Å². The van der Waals surface area contributed by atoms with Crippen LogP contribution in [0.2, 0.25) is 0 Å². The maximum atomic E-state index is 11.9. The highest BCUT2D eigenvalue weighted by Crippen LogP contribution is 2.19. The first-order valence-electron chi connectivity index (χ1n) is 7.99. The second-order valence-electron chi connectivity index (χ2n) is 5.93. The highest BCUT2D eigenvalue weighted by atomic mass is 32.1. The fraction of sp³-hybridized carbons (Fsp3) is 0.263. The summed E-state index contributed by atoms with van der Waals surface area (Å²) in [5.74, 6) is 0.377. The first-order valence-corrected chi connectivity index (χ1v) is 8.39. The van der Waals surface area contributed by atoms with Gasteiger partial charge >= 0.3 is 0 Å². The third-order valence-electron chi connectivity index (χ3n) is 3.86. The molecule has 132 valence electrons. The summed E-state index contributed by atoms with van der Waals surface area (Å²) >= 11 is 5.19. The zero-order chi connectivity index (χ0) is 18.4. The van der Waals surface area contributed by atoms with Gasteiger partial charge in [0.2, 0.25) is 0 Å². The summed E-state index contributed by atoms with van der Waals surface area (Å²) in [5, 5.41) is 3.37. The minimum atomic E-state index is -0.315. The average Bonchev–Trinajstić information content (AvgIpc) is 2.56. The van der Waals surface area contributed by atoms with E-state index in [4.69, 9.17) is 17.0 Å². The van der Waals surface area contributed by atoms with Gasteiger partial charge in [0.1, 0.15) is 5.75 Å². The lowest BCUT2D eigenvalue weighted by atomic mass is 10.1. The monoisotopic (exact) mass is 357 g/mol. The zero-order valence-corrected chi connectivity index (χ0v) is 15.7. The third-order valence-corrected chi connectivity index (χ3v) is 4.06. The Bertz CT molecular complexity index is 790. The number of anilines is 1. The van der Waals surface area contributed by atoms with Crippen LogP contribution in [0, 0.1) is 27.7 Å². The van der Waals surface area contributed by atoms with Crippen molar-refractivity contribution in [3.05, 3.63) is 58.7 Å². The standard InChI is InChI=1S/C19H23N3O2S/c1-12-8-9-17(14(3)10-12)24-11-18(23)21-22-19(25)20-16-7-5-6-13(2)15(16)4/h5-10H,11H2,1-4H3,(H,21,23)(H2,20,22,25). The first-order chi connectivity index (χ1) is 11.9. The smallest absolute Gasteiger partial charge is 0.276 e. The minimum absolute atomic E-state index is 0.0943. The van der Waals surface area contributed by atoms with E-state index in [0.717, 1.165) is 22.4 Å². The van der Waals surface area contributed by atoms with Gasteiger partial charge in [-0.05, 0) is 68.7 Å². The summed E-state index contributed by atoms with van der Waals surface area (Å²) < 4.78 is 5.52. The maximum absolute atomic E-state index is 11.9. The lowest BCUT2D eigenvalue weighted by Gasteiger charge is -2.15. The summed E-state index contributed by atoms with van der Waals surface area (Å²) in [6.45, 7) is 7.90. The Morgan fingerprint density at radius 3 is 2.52 bits per heavy atom. The van der Waals surface area contributed by atoms with E-state index in [1.165, 1.54) is 5.56 Å². The Morgan fingerprint density at radius 1 is 1.04 bits per heavy atom. The number of aryl methyl sites for hydroxylation is 3. The summed E-state index contributed by atoms with van der Waals surface area (Å²) in [6, 6.07) is 11.7. The largest absolute Gasteiger partial charge is 0.483 e. The molecule has 0 aliphatic rings. The predicted octanol–water partition coefficient (Wildman–Crippen LogP) is 3.32. The number of hydrazine groups is 1. The number of ether oxygens (including phenoxy) is 1. The second-order valence-corrected chi connectivity index (χ2v) is 6.34. The normalized spacial score (nSPS) is 10.1. The number of hydrogen-bond acceptors (Lipinski definition) is 3. The van der Waals surface area contributed by atoms with E-state index in [1.54, 1.807) is 0 Å². The van der Waals surface area contributed by atoms with Crippen molar-refractivity contribution in [3.63, 3.8) is 0 Å². The molecule has 6 heteroatoms. The van der Waals surface area contributed by atoms with E-state index in [9.17, 15) is 4.79 Å². The minimum Gasteiger partial charge on any atom is -0.483 e. The summed E-state index contributed by atoms with van der Waals surface area (Å²) in [4.78, 5) is 11.9. The molecular weight excluding hydrogens is 334 g/mol. The lowest BCUT2D eigenvalue weighted by molar-refractivity contribution is -0.123. The molecule has 3 N–H and O–H groups in total. The molecule has 25 heavy (non-hydrogen) atoms. The molecule has 0 atom stereocenters. The van der Waals surface area contributed by atoms with Crippen LogP contribution < -0.4 is 20.9 Å². The lowest BCUT2D eigenvalue weighted by Crippen LogP contribution is -2.45. The molecule has 0 saturated heterocycles. The number of rotatable bonds is 4. The zero-order valence-electron chi connectivity index (χ0n) is 14.9. The number of hydrogen-bond donors (Lipinski definition) is 3. The van der Waals surface area contributed by atoms with Crippen LogP contribution in [-0.4, -0.2) is 17.6 Å². The van der Waals surface area contributed by atoms with Crippen molar-refractivity contribution in [1.82, 2.24) is 10.9 Å². The molecule has 0 unspecified atom stereocenters. The Hall–Kier alpha value is -2.60. The van der Waals surface area contributed by atoms with Crippen LogP contribution in [0.4, 0.5) is 5.69 Å². The molecule has 0 saturated carbocycles. The Morgan fingerprint density at radius 2 is 1.80 bits per heavy atom. The van der Waals surface area contributed by atoms with Gasteiger partial charge in [-0.3, -0.25) is 15.6 Å². The fourth-order valence-corrected chi connectivity index (χ4v) is 2.47. The van der Waals surface area contributed by atoms with E-state index >= 15 is 0 Å². The van der Waals surface area contributed by atoms with Gasteiger partial charge in [-0.1, -0.05) is 29.8 Å². The Labute approximate surface area is 153 Å². The average molecular weight is 357 g/mol. The summed E-state index contributed by atoms with van der Waals surface area (Å²) in [7, 11) is 0. The van der Waals surface area contributed by atoms with E-state index in [0.29, 0.717) is 10.9 Å². The molecule has 5 nitrogen and oxygen atoms in total. The Kier molecular flexibility index (Phi) is 6.36. The van der Waals surface area contributed by atoms with Gasteiger partial charge in [-0.25, -0.2) is 0 Å². The van der Waals surface area contributed by atoms with Crippen LogP contribution in [0.15, 0.2) is 36.4 Å². The number of carbonyl (C=O) groups excluding carboxylic acids is 1. The van der Waals surface area contributed by atoms with Crippen molar-refractivity contribution in [3.8, 4) is 5.75 Å². The van der Waals surface area contributed by atoms with Crippen LogP contribution in [0.1, 0.15) is 22.3 Å². The number of benzene rings is 2. The fourth-order valence-electron chi connectivity index (χ4n) is 2.31. The SMILES string of the molecule is Cc1ccc(OCC(=O)NNC(=S)Nc2cccc(C)c2C)c(C)c1. The second kappa shape index (κ2) is 8.48. The van der Waals surface area contributed by atoms with Gasteiger partial charge in [-0.15, -0.1) is 0 Å². The molecule has 2 rings (SSSR count). The van der Waals surface area contributed by atoms with Crippen molar-refractivity contribution in [2.45, 2.75) is 27.7 Å². The quantitative estimate of drug-likeness (QED) is 0.579. The number of thiocarbonyl (C=S) groups is 1. The van der Waals surface area contributed by atoms with Crippen molar-refractivity contribution in [1.29, 1.82) is 0 Å². The van der Waals surface area contributed by atoms with Gasteiger partial charge in [0.15, 0.2) is 11.7 Å². The van der Waals surface area contributed by atoms with Gasteiger partial charge in [0.25, 0.3) is 5.91 Å². The molecule has 0 heterocycles. The van der Waals surface area contributed by atoms with Crippen molar-refractivity contribution < 1.29 is 9.53 Å². The van der Waals surface area contributed by atoms with Crippen LogP contribution in [0.3, 0.4) is 0 Å². The molecule has 0 bridgehead atoms.